The lowest BCUT2D eigenvalue weighted by atomic mass is 9.95. The smallest absolute Gasteiger partial charge is 0.0510 e. The van der Waals surface area contributed by atoms with Crippen LogP contribution in [-0.4, -0.2) is 5.54 Å². The third-order valence-corrected chi connectivity index (χ3v) is 1.94. The molecule has 3 heteroatoms. The van der Waals surface area contributed by atoms with Crippen LogP contribution in [0.5, 0.6) is 0 Å². The van der Waals surface area contributed by atoms with Gasteiger partial charge in [-0.2, -0.15) is 0 Å². The molecule has 0 radical (unpaired) electrons. The van der Waals surface area contributed by atoms with E-state index >= 15 is 0 Å². The Hall–Kier alpha value is -0.310. The topological polar surface area (TPSA) is 38.0 Å². The van der Waals surface area contributed by atoms with E-state index in [4.69, 9.17) is 17.4 Å². The van der Waals surface area contributed by atoms with Gasteiger partial charge in [0.05, 0.1) is 5.54 Å². The molecule has 0 spiro atoms. The van der Waals surface area contributed by atoms with Crippen LogP contribution in [0.1, 0.15) is 13.3 Å². The molecule has 1 rings (SSSR count). The first-order valence-corrected chi connectivity index (χ1v) is 3.57. The minimum absolute atomic E-state index is 0.113. The summed E-state index contributed by atoms with van der Waals surface area (Å²) in [6.07, 6.45) is 6.61. The van der Waals surface area contributed by atoms with Crippen molar-refractivity contribution in [3.8, 4) is 0 Å². The highest BCUT2D eigenvalue weighted by Gasteiger charge is 2.19. The first-order valence-electron chi connectivity index (χ1n) is 3.19. The Morgan fingerprint density at radius 3 is 2.90 bits per heavy atom. The maximum absolute atomic E-state index is 5.71. The molecule has 3 N–H and O–H groups in total. The number of allylic oxidation sites excluding steroid dienone is 2. The van der Waals surface area contributed by atoms with E-state index in [0.29, 0.717) is 0 Å². The number of hydrazine groups is 1. The van der Waals surface area contributed by atoms with Crippen molar-refractivity contribution >= 4 is 11.6 Å². The van der Waals surface area contributed by atoms with Crippen LogP contribution in [0.3, 0.4) is 0 Å². The molecule has 0 fully saturated rings. The van der Waals surface area contributed by atoms with Crippen molar-refractivity contribution in [3.05, 3.63) is 23.3 Å². The minimum Gasteiger partial charge on any atom is -0.271 e. The second kappa shape index (κ2) is 2.74. The Morgan fingerprint density at radius 2 is 2.50 bits per heavy atom. The highest BCUT2D eigenvalue weighted by Crippen LogP contribution is 2.20. The Labute approximate surface area is 65.7 Å². The van der Waals surface area contributed by atoms with E-state index in [2.05, 4.69) is 5.43 Å². The summed E-state index contributed by atoms with van der Waals surface area (Å²) in [7, 11) is 0. The van der Waals surface area contributed by atoms with Crippen molar-refractivity contribution in [2.45, 2.75) is 18.9 Å². The van der Waals surface area contributed by atoms with Crippen molar-refractivity contribution in [2.75, 3.05) is 0 Å². The van der Waals surface area contributed by atoms with Crippen LogP contribution in [-0.2, 0) is 0 Å². The normalized spacial score (nSPS) is 32.1. The number of rotatable bonds is 1. The summed E-state index contributed by atoms with van der Waals surface area (Å²) in [5, 5.41) is 0.785. The van der Waals surface area contributed by atoms with Gasteiger partial charge in [0.15, 0.2) is 0 Å². The van der Waals surface area contributed by atoms with Crippen LogP contribution >= 0.6 is 11.6 Å². The molecule has 0 saturated heterocycles. The lowest BCUT2D eigenvalue weighted by Gasteiger charge is -2.25. The summed E-state index contributed by atoms with van der Waals surface area (Å²) in [4.78, 5) is 0. The molecule has 1 unspecified atom stereocenters. The fraction of sp³-hybridized carbons (Fsp3) is 0.429. The molecule has 1 aliphatic rings. The summed E-state index contributed by atoms with van der Waals surface area (Å²) in [5.41, 5.74) is 2.60. The fourth-order valence-corrected chi connectivity index (χ4v) is 0.956. The molecule has 0 bridgehead atoms. The van der Waals surface area contributed by atoms with Crippen LogP contribution in [0.25, 0.3) is 0 Å². The standard InChI is InChI=1S/C7H11ClN2/c1-7(10-9)4-2-6(8)3-5-7/h2-4,10H,5,9H2,1H3. The largest absolute Gasteiger partial charge is 0.271 e. The maximum atomic E-state index is 5.71. The molecule has 0 amide bonds. The van der Waals surface area contributed by atoms with E-state index < -0.39 is 0 Å². The molecule has 2 nitrogen and oxygen atoms in total. The van der Waals surface area contributed by atoms with Gasteiger partial charge in [0.2, 0.25) is 0 Å². The summed E-state index contributed by atoms with van der Waals surface area (Å²) in [6, 6.07) is 0. The van der Waals surface area contributed by atoms with Gasteiger partial charge in [-0.3, -0.25) is 11.3 Å². The van der Waals surface area contributed by atoms with E-state index in [1.165, 1.54) is 0 Å². The fourth-order valence-electron chi connectivity index (χ4n) is 0.816. The van der Waals surface area contributed by atoms with Crippen LogP contribution in [0.15, 0.2) is 23.3 Å². The Kier molecular flexibility index (Phi) is 2.14. The molecule has 0 aromatic carbocycles. The molecule has 1 aliphatic carbocycles. The lowest BCUT2D eigenvalue weighted by molar-refractivity contribution is 0.450. The van der Waals surface area contributed by atoms with E-state index in [1.54, 1.807) is 0 Å². The van der Waals surface area contributed by atoms with Gasteiger partial charge >= 0.3 is 0 Å². The van der Waals surface area contributed by atoms with Crippen LogP contribution in [0.2, 0.25) is 0 Å². The molecule has 0 aliphatic heterocycles. The number of nitrogens with one attached hydrogen (secondary N) is 1. The summed E-state index contributed by atoms with van der Waals surface area (Å²) < 4.78 is 0. The predicted molar refractivity (Wildman–Crippen MR) is 43.4 cm³/mol. The molecule has 0 aromatic heterocycles. The SMILES string of the molecule is CC1(NN)C=CC(Cl)=CC1. The monoisotopic (exact) mass is 158 g/mol. The zero-order valence-electron chi connectivity index (χ0n) is 5.89. The van der Waals surface area contributed by atoms with Gasteiger partial charge in [-0.15, -0.1) is 0 Å². The maximum Gasteiger partial charge on any atom is 0.0510 e. The first kappa shape index (κ1) is 7.79. The highest BCUT2D eigenvalue weighted by molar-refractivity contribution is 6.31. The van der Waals surface area contributed by atoms with Crippen molar-refractivity contribution in [3.63, 3.8) is 0 Å². The number of hydrogen-bond donors (Lipinski definition) is 2. The molecule has 1 atom stereocenters. The molecule has 0 aromatic rings. The zero-order valence-corrected chi connectivity index (χ0v) is 6.65. The number of hydrogen-bond acceptors (Lipinski definition) is 2. The minimum atomic E-state index is -0.113. The Balaban J connectivity index is 2.67. The number of halogens is 1. The Morgan fingerprint density at radius 1 is 1.80 bits per heavy atom. The van der Waals surface area contributed by atoms with Crippen molar-refractivity contribution in [1.29, 1.82) is 0 Å². The van der Waals surface area contributed by atoms with Gasteiger partial charge in [0, 0.05) is 5.03 Å². The van der Waals surface area contributed by atoms with Gasteiger partial charge in [-0.25, -0.2) is 0 Å². The lowest BCUT2D eigenvalue weighted by Crippen LogP contribution is -2.45. The molecular formula is C7H11ClN2. The third kappa shape index (κ3) is 1.59. The summed E-state index contributed by atoms with van der Waals surface area (Å²) >= 11 is 5.71. The van der Waals surface area contributed by atoms with Gasteiger partial charge in [-0.05, 0) is 19.4 Å². The Bertz CT molecular complexity index is 186. The van der Waals surface area contributed by atoms with Crippen molar-refractivity contribution in [1.82, 2.24) is 5.43 Å². The predicted octanol–water partition coefficient (Wildman–Crippen LogP) is 1.29. The van der Waals surface area contributed by atoms with E-state index in [1.807, 2.05) is 25.2 Å². The van der Waals surface area contributed by atoms with Gasteiger partial charge in [-0.1, -0.05) is 23.8 Å². The molecule has 10 heavy (non-hydrogen) atoms. The van der Waals surface area contributed by atoms with E-state index in [-0.39, 0.29) is 5.54 Å². The first-order chi connectivity index (χ1) is 4.66. The second-order valence-electron chi connectivity index (χ2n) is 2.69. The molecule has 0 heterocycles. The van der Waals surface area contributed by atoms with Gasteiger partial charge in [0.25, 0.3) is 0 Å². The summed E-state index contributed by atoms with van der Waals surface area (Å²) in [6.45, 7) is 2.02. The third-order valence-electron chi connectivity index (χ3n) is 1.66. The number of nitrogens with two attached hydrogens (primary N) is 1. The quantitative estimate of drug-likeness (QED) is 0.446. The second-order valence-corrected chi connectivity index (χ2v) is 3.12. The zero-order chi connectivity index (χ0) is 7.61. The van der Waals surface area contributed by atoms with Gasteiger partial charge in [0.1, 0.15) is 0 Å². The van der Waals surface area contributed by atoms with Crippen LogP contribution < -0.4 is 11.3 Å². The van der Waals surface area contributed by atoms with E-state index in [9.17, 15) is 0 Å². The summed E-state index contributed by atoms with van der Waals surface area (Å²) in [5.74, 6) is 5.31. The average molecular weight is 159 g/mol. The van der Waals surface area contributed by atoms with Crippen LogP contribution in [0, 0.1) is 0 Å². The van der Waals surface area contributed by atoms with Crippen molar-refractivity contribution in [2.24, 2.45) is 5.84 Å². The molecule has 56 valence electrons. The van der Waals surface area contributed by atoms with Crippen molar-refractivity contribution < 1.29 is 0 Å². The molecular weight excluding hydrogens is 148 g/mol. The molecule has 0 saturated carbocycles. The van der Waals surface area contributed by atoms with Gasteiger partial charge < -0.3 is 0 Å². The highest BCUT2D eigenvalue weighted by atomic mass is 35.5. The van der Waals surface area contributed by atoms with Crippen LogP contribution in [0.4, 0.5) is 0 Å². The van der Waals surface area contributed by atoms with E-state index in [0.717, 1.165) is 11.5 Å². The average Bonchev–Trinajstić information content (AvgIpc) is 1.96.